The predicted octanol–water partition coefficient (Wildman–Crippen LogP) is 22.2. The summed E-state index contributed by atoms with van der Waals surface area (Å²) >= 11 is 0. The molecule has 56 heavy (non-hydrogen) atoms. The van der Waals surface area contributed by atoms with E-state index in [1.807, 2.05) is 6.08 Å². The molecule has 0 spiro atoms. The summed E-state index contributed by atoms with van der Waals surface area (Å²) in [6.45, 7) is 17.5. The highest BCUT2D eigenvalue weighted by atomic mass is 14.1. The van der Waals surface area contributed by atoms with E-state index in [9.17, 15) is 0 Å². The molecule has 0 radical (unpaired) electrons. The summed E-state index contributed by atoms with van der Waals surface area (Å²) in [6, 6.07) is 0. The molecule has 0 aliphatic carbocycles. The van der Waals surface area contributed by atoms with E-state index in [0.29, 0.717) is 0 Å². The Morgan fingerprint density at radius 2 is 0.411 bits per heavy atom. The van der Waals surface area contributed by atoms with Gasteiger partial charge >= 0.3 is 0 Å². The molecule has 0 aromatic heterocycles. The maximum absolute atomic E-state index is 3.66. The van der Waals surface area contributed by atoms with Crippen LogP contribution in [0.4, 0.5) is 0 Å². The molecule has 0 bridgehead atoms. The Bertz CT molecular complexity index is 587. The molecule has 0 N–H and O–H groups in total. The van der Waals surface area contributed by atoms with Crippen molar-refractivity contribution in [3.05, 3.63) is 12.7 Å². The van der Waals surface area contributed by atoms with E-state index in [1.165, 1.54) is 302 Å². The molecule has 0 nitrogen and oxygen atoms in total. The highest BCUT2D eigenvalue weighted by Gasteiger charge is 2.08. The smallest absolute Gasteiger partial charge is 0.0353 e. The van der Waals surface area contributed by atoms with Crippen LogP contribution in [0.3, 0.4) is 0 Å². The summed E-state index contributed by atoms with van der Waals surface area (Å²) in [7, 11) is 0. The number of hydrogen-bond donors (Lipinski definition) is 0. The zero-order chi connectivity index (χ0) is 41.5. The molecule has 0 fully saturated rings. The third kappa shape index (κ3) is 62.9. The Morgan fingerprint density at radius 1 is 0.232 bits per heavy atom. The fourth-order valence-electron chi connectivity index (χ4n) is 8.28. The van der Waals surface area contributed by atoms with Crippen molar-refractivity contribution in [2.75, 3.05) is 0 Å². The fraction of sp³-hybridized carbons (Fsp3) is 0.964. The summed E-state index contributed by atoms with van der Waals surface area (Å²) < 4.78 is 0. The molecular formula is C56H116. The van der Waals surface area contributed by atoms with Crippen LogP contribution in [0.1, 0.15) is 343 Å². The van der Waals surface area contributed by atoms with Gasteiger partial charge in [-0.1, -0.05) is 337 Å². The van der Waals surface area contributed by atoms with E-state index in [1.54, 1.807) is 0 Å². The summed E-state index contributed by atoms with van der Waals surface area (Å²) in [5, 5.41) is 0. The van der Waals surface area contributed by atoms with Gasteiger partial charge in [0.05, 0.1) is 0 Å². The molecule has 0 rings (SSSR count). The number of allylic oxidation sites excluding steroid dienone is 1. The molecule has 0 saturated carbocycles. The van der Waals surface area contributed by atoms with Crippen molar-refractivity contribution in [2.45, 2.75) is 343 Å². The average Bonchev–Trinajstić information content (AvgIpc) is 3.21. The molecular weight excluding hydrogens is 673 g/mol. The summed E-state index contributed by atoms with van der Waals surface area (Å²) in [6.07, 6.45) is 70.3. The van der Waals surface area contributed by atoms with Crippen LogP contribution >= 0.6 is 0 Å². The highest BCUT2D eigenvalue weighted by molar-refractivity contribution is 4.65. The first kappa shape index (κ1) is 60.0. The van der Waals surface area contributed by atoms with Crippen LogP contribution in [0.25, 0.3) is 0 Å². The fourth-order valence-corrected chi connectivity index (χ4v) is 8.28. The van der Waals surface area contributed by atoms with Crippen LogP contribution < -0.4 is 0 Å². The van der Waals surface area contributed by atoms with Crippen molar-refractivity contribution in [2.24, 2.45) is 5.92 Å². The van der Waals surface area contributed by atoms with Gasteiger partial charge in [0, 0.05) is 0 Å². The number of unbranched alkanes of at least 4 members (excludes halogenated alkanes) is 39. The van der Waals surface area contributed by atoms with E-state index >= 15 is 0 Å². The minimum atomic E-state index is 1.04. The highest BCUT2D eigenvalue weighted by Crippen LogP contribution is 2.24. The molecule has 0 aliphatic heterocycles. The van der Waals surface area contributed by atoms with Crippen molar-refractivity contribution in [3.8, 4) is 0 Å². The first-order chi connectivity index (χ1) is 27.7. The molecule has 0 saturated heterocycles. The van der Waals surface area contributed by atoms with Gasteiger partial charge in [-0.05, 0) is 18.8 Å². The van der Waals surface area contributed by atoms with Gasteiger partial charge in [-0.2, -0.15) is 0 Å². The van der Waals surface area contributed by atoms with E-state index in [-0.39, 0.29) is 0 Å². The average molecular weight is 790 g/mol. The van der Waals surface area contributed by atoms with E-state index in [2.05, 4.69) is 48.1 Å². The Kier molecular flexibility index (Phi) is 65.8. The number of hydrogen-bond acceptors (Lipinski definition) is 0. The van der Waals surface area contributed by atoms with Crippen LogP contribution in [0.5, 0.6) is 0 Å². The third-order valence-electron chi connectivity index (χ3n) is 12.4. The first-order valence-corrected chi connectivity index (χ1v) is 27.3. The summed E-state index contributed by atoms with van der Waals surface area (Å²) in [5.41, 5.74) is 0. The lowest BCUT2D eigenvalue weighted by Crippen LogP contribution is -2.01. The molecule has 1 unspecified atom stereocenters. The van der Waals surface area contributed by atoms with Gasteiger partial charge in [0.2, 0.25) is 0 Å². The third-order valence-corrected chi connectivity index (χ3v) is 12.4. The number of rotatable bonds is 46. The SMILES string of the molecule is C=CCCCCCC.CCCCCCCCCCCCCCCC(CCCC)CCCCCCCC.CCCCCCCCCCCCCCCCCCCC. The molecule has 0 aromatic rings. The molecule has 0 aliphatic rings. The zero-order valence-corrected chi connectivity index (χ0v) is 41.1. The molecule has 0 amide bonds. The lowest BCUT2D eigenvalue weighted by atomic mass is 9.90. The first-order valence-electron chi connectivity index (χ1n) is 27.3. The van der Waals surface area contributed by atoms with Crippen molar-refractivity contribution >= 4 is 0 Å². The maximum atomic E-state index is 3.66. The van der Waals surface area contributed by atoms with Crippen LogP contribution in [0, 0.1) is 5.92 Å². The molecule has 0 heteroatoms. The minimum Gasteiger partial charge on any atom is -0.103 e. The Balaban J connectivity index is -0.000000868. The molecule has 0 heterocycles. The largest absolute Gasteiger partial charge is 0.103 e. The zero-order valence-electron chi connectivity index (χ0n) is 41.1. The van der Waals surface area contributed by atoms with Gasteiger partial charge < -0.3 is 0 Å². The van der Waals surface area contributed by atoms with Crippen LogP contribution in [0.15, 0.2) is 12.7 Å². The second kappa shape index (κ2) is 61.4. The van der Waals surface area contributed by atoms with E-state index in [4.69, 9.17) is 0 Å². The van der Waals surface area contributed by atoms with Gasteiger partial charge in [0.15, 0.2) is 0 Å². The van der Waals surface area contributed by atoms with Gasteiger partial charge in [0.25, 0.3) is 0 Å². The monoisotopic (exact) mass is 789 g/mol. The van der Waals surface area contributed by atoms with Crippen molar-refractivity contribution in [3.63, 3.8) is 0 Å². The summed E-state index contributed by atoms with van der Waals surface area (Å²) in [5.74, 6) is 1.04. The van der Waals surface area contributed by atoms with Gasteiger partial charge in [0.1, 0.15) is 0 Å². The maximum Gasteiger partial charge on any atom is -0.0353 e. The van der Waals surface area contributed by atoms with Crippen molar-refractivity contribution in [1.82, 2.24) is 0 Å². The van der Waals surface area contributed by atoms with Crippen LogP contribution in [-0.4, -0.2) is 0 Å². The minimum absolute atomic E-state index is 1.04. The van der Waals surface area contributed by atoms with E-state index in [0.717, 1.165) is 5.92 Å². The lowest BCUT2D eigenvalue weighted by Gasteiger charge is -2.16. The van der Waals surface area contributed by atoms with Gasteiger partial charge in [-0.15, -0.1) is 6.58 Å². The molecule has 340 valence electrons. The second-order valence-corrected chi connectivity index (χ2v) is 18.4. The second-order valence-electron chi connectivity index (χ2n) is 18.4. The predicted molar refractivity (Wildman–Crippen MR) is 265 cm³/mol. The van der Waals surface area contributed by atoms with Crippen molar-refractivity contribution < 1.29 is 0 Å². The van der Waals surface area contributed by atoms with E-state index < -0.39 is 0 Å². The quantitative estimate of drug-likeness (QED) is 0.0426. The normalized spacial score (nSPS) is 11.5. The standard InChI is InChI=1S/C28H58.C20H42.C8H16/c1-4-7-10-12-14-15-16-17-18-19-20-22-24-27-28(25-9-6-3)26-23-21-13-11-8-5-2;1-3-5-7-9-11-13-15-17-19-20-18-16-14-12-10-8-6-4-2;1-3-5-7-8-6-4-2/h28H,4-27H2,1-3H3;3-20H2,1-2H3;3H,1,4-8H2,2H3. The van der Waals surface area contributed by atoms with Gasteiger partial charge in [-0.3, -0.25) is 0 Å². The Morgan fingerprint density at radius 3 is 0.625 bits per heavy atom. The van der Waals surface area contributed by atoms with Gasteiger partial charge in [-0.25, -0.2) is 0 Å². The Labute approximate surface area is 360 Å². The molecule has 0 aromatic carbocycles. The van der Waals surface area contributed by atoms with Crippen LogP contribution in [-0.2, 0) is 0 Å². The Hall–Kier alpha value is -0.260. The summed E-state index contributed by atoms with van der Waals surface area (Å²) in [4.78, 5) is 0. The topological polar surface area (TPSA) is 0 Å². The van der Waals surface area contributed by atoms with Crippen LogP contribution in [0.2, 0.25) is 0 Å². The van der Waals surface area contributed by atoms with Crippen molar-refractivity contribution in [1.29, 1.82) is 0 Å². The molecule has 1 atom stereocenters. The lowest BCUT2D eigenvalue weighted by molar-refractivity contribution is 0.370.